The molecule has 0 atom stereocenters. The van der Waals surface area contributed by atoms with Crippen LogP contribution in [0.25, 0.3) is 0 Å². The quantitative estimate of drug-likeness (QED) is 0.629. The van der Waals surface area contributed by atoms with E-state index in [2.05, 4.69) is 28.6 Å². The second-order valence-corrected chi connectivity index (χ2v) is 6.63. The fourth-order valence-electron chi connectivity index (χ4n) is 2.68. The molecule has 6 heteroatoms. The number of hydrogen-bond acceptors (Lipinski definition) is 4. The van der Waals surface area contributed by atoms with Gasteiger partial charge < -0.3 is 9.13 Å². The van der Waals surface area contributed by atoms with Crippen molar-refractivity contribution in [3.63, 3.8) is 0 Å². The van der Waals surface area contributed by atoms with E-state index in [4.69, 9.17) is 0 Å². The fourth-order valence-corrected chi connectivity index (χ4v) is 3.52. The third-order valence-electron chi connectivity index (χ3n) is 4.08. The van der Waals surface area contributed by atoms with E-state index in [9.17, 15) is 4.79 Å². The highest BCUT2D eigenvalue weighted by atomic mass is 32.2. The zero-order chi connectivity index (χ0) is 15.1. The van der Waals surface area contributed by atoms with Gasteiger partial charge in [0.05, 0.1) is 5.75 Å². The Morgan fingerprint density at radius 2 is 2.05 bits per heavy atom. The van der Waals surface area contributed by atoms with Gasteiger partial charge in [0.25, 0.3) is 0 Å². The SMILES string of the molecule is Cc1nnc(SCC(=O)c2cc(C)n(C3CC3)c2C)n1C. The molecule has 0 aromatic carbocycles. The van der Waals surface area contributed by atoms with Gasteiger partial charge in [-0.25, -0.2) is 0 Å². The van der Waals surface area contributed by atoms with Crippen molar-refractivity contribution in [1.29, 1.82) is 0 Å². The maximum Gasteiger partial charge on any atom is 0.191 e. The Morgan fingerprint density at radius 3 is 2.62 bits per heavy atom. The lowest BCUT2D eigenvalue weighted by Crippen LogP contribution is -2.06. The topological polar surface area (TPSA) is 52.7 Å². The number of aromatic nitrogens is 4. The summed E-state index contributed by atoms with van der Waals surface area (Å²) >= 11 is 1.45. The summed E-state index contributed by atoms with van der Waals surface area (Å²) in [5.74, 6) is 1.43. The van der Waals surface area contributed by atoms with Gasteiger partial charge in [0.15, 0.2) is 10.9 Å². The first kappa shape index (κ1) is 14.4. The minimum absolute atomic E-state index is 0.167. The Kier molecular flexibility index (Phi) is 3.65. The number of carbonyl (C=O) groups excluding carboxylic acids is 1. The molecule has 5 nitrogen and oxygen atoms in total. The summed E-state index contributed by atoms with van der Waals surface area (Å²) in [4.78, 5) is 12.5. The van der Waals surface area contributed by atoms with E-state index in [1.165, 1.54) is 30.3 Å². The third kappa shape index (κ3) is 2.64. The van der Waals surface area contributed by atoms with Crippen molar-refractivity contribution in [3.05, 3.63) is 28.8 Å². The van der Waals surface area contributed by atoms with Crippen LogP contribution in [0.5, 0.6) is 0 Å². The van der Waals surface area contributed by atoms with Gasteiger partial charge in [-0.3, -0.25) is 4.79 Å². The Balaban J connectivity index is 1.74. The zero-order valence-corrected chi connectivity index (χ0v) is 13.7. The number of ketones is 1. The number of nitrogens with zero attached hydrogens (tertiary/aromatic N) is 4. The lowest BCUT2D eigenvalue weighted by Gasteiger charge is -2.07. The summed E-state index contributed by atoms with van der Waals surface area (Å²) in [6.07, 6.45) is 2.47. The van der Waals surface area contributed by atoms with Crippen LogP contribution < -0.4 is 0 Å². The molecular formula is C15H20N4OS. The molecule has 0 unspecified atom stereocenters. The maximum atomic E-state index is 12.5. The fraction of sp³-hybridized carbons (Fsp3) is 0.533. The Hall–Kier alpha value is -1.56. The van der Waals surface area contributed by atoms with Crippen LogP contribution in [0.2, 0.25) is 0 Å². The highest BCUT2D eigenvalue weighted by Gasteiger charge is 2.28. The minimum atomic E-state index is 0.167. The molecule has 1 aliphatic carbocycles. The molecule has 0 amide bonds. The van der Waals surface area contributed by atoms with Gasteiger partial charge in [0, 0.05) is 30.0 Å². The average molecular weight is 304 g/mol. The van der Waals surface area contributed by atoms with Gasteiger partial charge in [-0.15, -0.1) is 10.2 Å². The standard InChI is InChI=1S/C15H20N4OS/c1-9-7-13(10(2)19(9)12-5-6-12)14(20)8-21-15-17-16-11(3)18(15)4/h7,12H,5-6,8H2,1-4H3. The van der Waals surface area contributed by atoms with Gasteiger partial charge in [-0.05, 0) is 39.7 Å². The smallest absolute Gasteiger partial charge is 0.191 e. The van der Waals surface area contributed by atoms with Gasteiger partial charge >= 0.3 is 0 Å². The van der Waals surface area contributed by atoms with Crippen molar-refractivity contribution >= 4 is 17.5 Å². The summed E-state index contributed by atoms with van der Waals surface area (Å²) in [7, 11) is 1.92. The van der Waals surface area contributed by atoms with E-state index in [0.717, 1.165) is 22.2 Å². The highest BCUT2D eigenvalue weighted by molar-refractivity contribution is 7.99. The molecule has 1 saturated carbocycles. The van der Waals surface area contributed by atoms with Crippen molar-refractivity contribution in [2.75, 3.05) is 5.75 Å². The van der Waals surface area contributed by atoms with Crippen LogP contribution in [-0.2, 0) is 7.05 Å². The lowest BCUT2D eigenvalue weighted by molar-refractivity contribution is 0.102. The Bertz CT molecular complexity index is 697. The number of rotatable bonds is 5. The van der Waals surface area contributed by atoms with Crippen LogP contribution in [0.1, 0.15) is 46.5 Å². The summed E-state index contributed by atoms with van der Waals surface area (Å²) in [6, 6.07) is 2.64. The van der Waals surface area contributed by atoms with E-state index < -0.39 is 0 Å². The van der Waals surface area contributed by atoms with Crippen molar-refractivity contribution in [2.45, 2.75) is 44.8 Å². The first-order valence-electron chi connectivity index (χ1n) is 7.19. The molecule has 0 bridgehead atoms. The van der Waals surface area contributed by atoms with Gasteiger partial charge in [0.2, 0.25) is 0 Å². The molecule has 0 saturated heterocycles. The van der Waals surface area contributed by atoms with E-state index in [0.29, 0.717) is 11.8 Å². The number of hydrogen-bond donors (Lipinski definition) is 0. The number of aryl methyl sites for hydroxylation is 2. The lowest BCUT2D eigenvalue weighted by atomic mass is 10.2. The summed E-state index contributed by atoms with van der Waals surface area (Å²) in [5.41, 5.74) is 3.15. The van der Waals surface area contributed by atoms with Crippen LogP contribution in [0.15, 0.2) is 11.2 Å². The molecular weight excluding hydrogens is 284 g/mol. The predicted molar refractivity (Wildman–Crippen MR) is 83.0 cm³/mol. The highest BCUT2D eigenvalue weighted by Crippen LogP contribution is 2.38. The van der Waals surface area contributed by atoms with Crippen LogP contribution in [0.3, 0.4) is 0 Å². The minimum Gasteiger partial charge on any atom is -0.345 e. The van der Waals surface area contributed by atoms with E-state index in [-0.39, 0.29) is 5.78 Å². The number of thioether (sulfide) groups is 1. The molecule has 0 radical (unpaired) electrons. The molecule has 1 fully saturated rings. The van der Waals surface area contributed by atoms with Gasteiger partial charge in [-0.1, -0.05) is 11.8 Å². The second-order valence-electron chi connectivity index (χ2n) is 5.69. The number of carbonyl (C=O) groups is 1. The second kappa shape index (κ2) is 5.33. The van der Waals surface area contributed by atoms with Crippen LogP contribution in [0, 0.1) is 20.8 Å². The Labute approximate surface area is 128 Å². The van der Waals surface area contributed by atoms with E-state index in [1.54, 1.807) is 0 Å². The molecule has 1 aliphatic rings. The number of Topliss-reactive ketones (excluding diaryl/α,β-unsaturated/α-hetero) is 1. The van der Waals surface area contributed by atoms with Crippen molar-refractivity contribution in [3.8, 4) is 0 Å². The molecule has 2 heterocycles. The molecule has 2 aromatic rings. The van der Waals surface area contributed by atoms with Crippen LogP contribution in [-0.4, -0.2) is 30.9 Å². The van der Waals surface area contributed by atoms with Crippen molar-refractivity contribution < 1.29 is 4.79 Å². The summed E-state index contributed by atoms with van der Waals surface area (Å²) < 4.78 is 4.22. The summed E-state index contributed by atoms with van der Waals surface area (Å²) in [6.45, 7) is 6.04. The average Bonchev–Trinajstić information content (AvgIpc) is 3.17. The predicted octanol–water partition coefficient (Wildman–Crippen LogP) is 2.85. The molecule has 21 heavy (non-hydrogen) atoms. The normalized spacial score (nSPS) is 14.7. The monoisotopic (exact) mass is 304 g/mol. The van der Waals surface area contributed by atoms with E-state index >= 15 is 0 Å². The third-order valence-corrected chi connectivity index (χ3v) is 5.10. The molecule has 3 rings (SSSR count). The zero-order valence-electron chi connectivity index (χ0n) is 12.9. The van der Waals surface area contributed by atoms with E-state index in [1.807, 2.05) is 24.6 Å². The summed E-state index contributed by atoms with van der Waals surface area (Å²) in [5, 5.41) is 8.88. The van der Waals surface area contributed by atoms with Crippen LogP contribution >= 0.6 is 11.8 Å². The van der Waals surface area contributed by atoms with Crippen LogP contribution in [0.4, 0.5) is 0 Å². The molecule has 0 spiro atoms. The largest absolute Gasteiger partial charge is 0.345 e. The van der Waals surface area contributed by atoms with Crippen molar-refractivity contribution in [1.82, 2.24) is 19.3 Å². The van der Waals surface area contributed by atoms with Gasteiger partial charge in [0.1, 0.15) is 5.82 Å². The molecule has 0 aliphatic heterocycles. The first-order valence-corrected chi connectivity index (χ1v) is 8.18. The maximum absolute atomic E-state index is 12.5. The molecule has 2 aromatic heterocycles. The first-order chi connectivity index (χ1) is 9.99. The van der Waals surface area contributed by atoms with Gasteiger partial charge in [-0.2, -0.15) is 0 Å². The van der Waals surface area contributed by atoms with Crippen molar-refractivity contribution in [2.24, 2.45) is 7.05 Å². The molecule has 0 N–H and O–H groups in total. The Morgan fingerprint density at radius 1 is 1.33 bits per heavy atom. The molecule has 112 valence electrons.